The molecule has 13 heteroatoms. The van der Waals surface area contributed by atoms with Gasteiger partial charge in [0.15, 0.2) is 11.6 Å². The number of benzene rings is 1. The van der Waals surface area contributed by atoms with Crippen molar-refractivity contribution in [3.05, 3.63) is 48.0 Å². The number of aliphatic hydroxyl groups excluding tert-OH is 2. The van der Waals surface area contributed by atoms with Crippen molar-refractivity contribution in [2.45, 2.75) is 185 Å². The molecule has 4 saturated heterocycles. The monoisotopic (exact) mass is 859 g/mol. The van der Waals surface area contributed by atoms with Crippen LogP contribution in [0.2, 0.25) is 0 Å². The Bertz CT molecular complexity index is 1650. The minimum Gasteiger partial charge on any atom is -0.481 e. The molecule has 0 bridgehead atoms. The van der Waals surface area contributed by atoms with E-state index in [2.05, 4.69) is 51.2 Å². The average Bonchev–Trinajstić information content (AvgIpc) is 3.55. The maximum atomic E-state index is 14.6. The van der Waals surface area contributed by atoms with Gasteiger partial charge >= 0.3 is 5.97 Å². The lowest BCUT2D eigenvalue weighted by Gasteiger charge is -2.55. The van der Waals surface area contributed by atoms with E-state index in [1.165, 1.54) is 5.56 Å². The van der Waals surface area contributed by atoms with Crippen LogP contribution in [0, 0.1) is 35.5 Å². The largest absolute Gasteiger partial charge is 0.481 e. The van der Waals surface area contributed by atoms with Crippen molar-refractivity contribution in [1.29, 1.82) is 0 Å². The van der Waals surface area contributed by atoms with Gasteiger partial charge in [-0.05, 0) is 82.3 Å². The highest BCUT2D eigenvalue weighted by Gasteiger charge is 2.63. The molecule has 4 fully saturated rings. The summed E-state index contributed by atoms with van der Waals surface area (Å²) in [4.78, 5) is 26.0. The highest BCUT2D eigenvalue weighted by Crippen LogP contribution is 2.54. The third-order valence-corrected chi connectivity index (χ3v) is 15.6. The van der Waals surface area contributed by atoms with Gasteiger partial charge in [0, 0.05) is 35.8 Å². The Labute approximate surface area is 361 Å². The van der Waals surface area contributed by atoms with Crippen molar-refractivity contribution in [3.8, 4) is 0 Å². The number of Topliss-reactive ketones (excluding diaryl/α,β-unsaturated/α-hetero) is 1. The molecular weight excluding hydrogens is 791 g/mol. The van der Waals surface area contributed by atoms with E-state index in [9.17, 15) is 24.9 Å². The summed E-state index contributed by atoms with van der Waals surface area (Å²) in [5, 5.41) is 35.2. The zero-order valence-corrected chi connectivity index (χ0v) is 37.8. The number of carboxylic acids is 1. The van der Waals surface area contributed by atoms with Crippen LogP contribution >= 0.6 is 24.0 Å². The molecule has 11 nitrogen and oxygen atoms in total. The summed E-state index contributed by atoms with van der Waals surface area (Å²) in [7, 11) is 0. The molecule has 0 saturated carbocycles. The highest BCUT2D eigenvalue weighted by molar-refractivity contribution is 8.22. The predicted octanol–water partition coefficient (Wildman–Crippen LogP) is 7.59. The van der Waals surface area contributed by atoms with Crippen LogP contribution in [0.1, 0.15) is 119 Å². The topological polar surface area (TPSA) is 153 Å². The van der Waals surface area contributed by atoms with Crippen LogP contribution in [0.5, 0.6) is 0 Å². The van der Waals surface area contributed by atoms with Crippen LogP contribution in [0.3, 0.4) is 0 Å². The molecule has 330 valence electrons. The van der Waals surface area contributed by atoms with Gasteiger partial charge in [0.1, 0.15) is 16.1 Å². The zero-order chi connectivity index (χ0) is 42.9. The normalized spacial score (nSPS) is 40.6. The molecule has 1 aromatic rings. The van der Waals surface area contributed by atoms with Crippen molar-refractivity contribution >= 4 is 40.1 Å². The Morgan fingerprint density at radius 3 is 2.39 bits per heavy atom. The van der Waals surface area contributed by atoms with Crippen LogP contribution in [0.4, 0.5) is 0 Å². The van der Waals surface area contributed by atoms with E-state index in [1.807, 2.05) is 45.0 Å². The Morgan fingerprint density at radius 2 is 1.71 bits per heavy atom. The Kier molecular flexibility index (Phi) is 15.2. The number of thioether (sulfide) groups is 1. The van der Waals surface area contributed by atoms with E-state index in [0.717, 1.165) is 12.8 Å². The number of ketones is 1. The number of carboxylic acid groups (broad SMARTS) is 1. The van der Waals surface area contributed by atoms with Crippen molar-refractivity contribution in [3.63, 3.8) is 0 Å². The summed E-state index contributed by atoms with van der Waals surface area (Å²) in [5.41, 5.74) is 0.463. The van der Waals surface area contributed by atoms with Gasteiger partial charge in [0.2, 0.25) is 0 Å². The fourth-order valence-corrected chi connectivity index (χ4v) is 11.5. The van der Waals surface area contributed by atoms with E-state index in [1.54, 1.807) is 18.7 Å². The second kappa shape index (κ2) is 19.2. The van der Waals surface area contributed by atoms with E-state index in [4.69, 9.17) is 35.9 Å². The molecule has 59 heavy (non-hydrogen) atoms. The number of carbonyl (C=O) groups is 2. The summed E-state index contributed by atoms with van der Waals surface area (Å²) in [6, 6.07) is 9.76. The van der Waals surface area contributed by atoms with Gasteiger partial charge in [0.25, 0.3) is 0 Å². The molecular formula is C46H69NO10S2. The zero-order valence-electron chi connectivity index (χ0n) is 36.2. The van der Waals surface area contributed by atoms with Crippen LogP contribution in [-0.2, 0) is 39.0 Å². The maximum absolute atomic E-state index is 14.6. The SMILES string of the molecule is CC[C@@H](C(=O)[C@@H](C)[C@@H](O)[C@H](C)[C@@H]1O[C@@H](CC(=O)O)CC[C@@H]1C)[C@H]1O[C@]2(C=C[C@@H](NC(=S)SCc3ccccc3)[C@]3(CC[C@@](C)([C@H]4CC[C@@H](O)[C@H](C)O4)O3)O2)[C@H](C)C[C@@H]1C. The van der Waals surface area contributed by atoms with Crippen LogP contribution in [-0.4, -0.2) is 97.3 Å². The number of aliphatic carboxylic acids is 1. The van der Waals surface area contributed by atoms with Gasteiger partial charge in [-0.25, -0.2) is 0 Å². The van der Waals surface area contributed by atoms with Gasteiger partial charge in [-0.2, -0.15) is 0 Å². The molecule has 6 rings (SSSR count). The number of rotatable bonds is 13. The molecule has 0 aliphatic carbocycles. The lowest BCUT2D eigenvalue weighted by Crippen LogP contribution is -2.65. The first kappa shape index (κ1) is 46.6. The molecule has 0 radical (unpaired) electrons. The number of nitrogens with one attached hydrogen (secondary N) is 1. The standard InChI is InChI=1S/C46H69NO10S2/c1-9-34(40(52)29(5)39(51)30(6)41-26(2)15-16-33(54-41)24-38(49)50)42-27(3)23-28(4)45(55-42)20-19-36(47-43(58)59-25-32-13-11-10-12-14-32)46(57-45)22-21-44(8,56-46)37-18-17-35(48)31(7)53-37/h10-14,19-20,26-31,33-37,39,41-42,48,51H,9,15-18,21-25H2,1-8H3,(H,47,58)(H,49,50)/t26-,27-,28+,29-,30-,31-,33+,34-,35+,36+,37+,39+,41+,42-,44-,45-,46-/m0/s1. The van der Waals surface area contributed by atoms with Gasteiger partial charge in [0.05, 0.1) is 54.7 Å². The van der Waals surface area contributed by atoms with Gasteiger partial charge in [-0.3, -0.25) is 9.59 Å². The molecule has 4 N–H and O–H groups in total. The first-order chi connectivity index (χ1) is 27.9. The summed E-state index contributed by atoms with van der Waals surface area (Å²) >= 11 is 7.47. The summed E-state index contributed by atoms with van der Waals surface area (Å²) in [6.45, 7) is 16.0. The average molecular weight is 860 g/mol. The second-order valence-electron chi connectivity index (χ2n) is 18.7. The van der Waals surface area contributed by atoms with Gasteiger partial charge in [-0.1, -0.05) is 102 Å². The van der Waals surface area contributed by atoms with Crippen molar-refractivity contribution in [1.82, 2.24) is 5.32 Å². The van der Waals surface area contributed by atoms with Crippen LogP contribution in [0.25, 0.3) is 0 Å². The lowest BCUT2D eigenvalue weighted by molar-refractivity contribution is -0.397. The molecule has 2 spiro atoms. The first-order valence-corrected chi connectivity index (χ1v) is 23.5. The fraction of sp³-hybridized carbons (Fsp3) is 0.761. The molecule has 0 amide bonds. The van der Waals surface area contributed by atoms with E-state index in [-0.39, 0.29) is 54.2 Å². The second-order valence-corrected chi connectivity index (χ2v) is 20.3. The van der Waals surface area contributed by atoms with Crippen molar-refractivity contribution in [2.75, 3.05) is 0 Å². The van der Waals surface area contributed by atoms with Crippen LogP contribution < -0.4 is 5.32 Å². The molecule has 5 aliphatic rings. The molecule has 1 aromatic carbocycles. The molecule has 0 aromatic heterocycles. The fourth-order valence-electron chi connectivity index (χ4n) is 10.5. The summed E-state index contributed by atoms with van der Waals surface area (Å²) in [5.74, 6) is -4.18. The van der Waals surface area contributed by atoms with E-state index >= 15 is 0 Å². The summed E-state index contributed by atoms with van der Waals surface area (Å²) in [6.07, 6.45) is 5.85. The molecule has 0 unspecified atom stereocenters. The third-order valence-electron chi connectivity index (χ3n) is 14.3. The molecule has 5 heterocycles. The minimum atomic E-state index is -1.20. The number of hydrogen-bond donors (Lipinski definition) is 4. The molecule has 5 aliphatic heterocycles. The number of ether oxygens (including phenoxy) is 5. The highest BCUT2D eigenvalue weighted by atomic mass is 32.2. The Balaban J connectivity index is 1.23. The first-order valence-electron chi connectivity index (χ1n) is 22.1. The summed E-state index contributed by atoms with van der Waals surface area (Å²) < 4.78 is 35.0. The quantitative estimate of drug-likeness (QED) is 0.114. The number of thiocarbonyl (C=S) groups is 1. The third kappa shape index (κ3) is 10.1. The van der Waals surface area contributed by atoms with Gasteiger partial charge in [-0.15, -0.1) is 0 Å². The van der Waals surface area contributed by atoms with E-state index < -0.39 is 65.4 Å². The van der Waals surface area contributed by atoms with E-state index in [0.29, 0.717) is 48.6 Å². The minimum absolute atomic E-state index is 0.0221. The molecule has 17 atom stereocenters. The number of carbonyl (C=O) groups excluding carboxylic acids is 1. The smallest absolute Gasteiger partial charge is 0.305 e. The van der Waals surface area contributed by atoms with Crippen LogP contribution in [0.15, 0.2) is 42.5 Å². The maximum Gasteiger partial charge on any atom is 0.305 e. The number of hydrogen-bond acceptors (Lipinski definition) is 11. The van der Waals surface area contributed by atoms with Gasteiger partial charge < -0.3 is 44.3 Å². The van der Waals surface area contributed by atoms with Crippen molar-refractivity contribution < 1.29 is 48.6 Å². The van der Waals surface area contributed by atoms with Crippen molar-refractivity contribution in [2.24, 2.45) is 35.5 Å². The predicted molar refractivity (Wildman–Crippen MR) is 231 cm³/mol. The number of aliphatic hydroxyl groups is 2. The lowest BCUT2D eigenvalue weighted by atomic mass is 9.72. The Hall–Kier alpha value is -1.94. The Morgan fingerprint density at radius 1 is 0.983 bits per heavy atom.